The van der Waals surface area contributed by atoms with Gasteiger partial charge in [0.05, 0.1) is 0 Å². The van der Waals surface area contributed by atoms with Crippen LogP contribution in [0.15, 0.2) is 0 Å². The van der Waals surface area contributed by atoms with Crippen LogP contribution in [0, 0.1) is 0 Å². The highest BCUT2D eigenvalue weighted by atomic mass is 16.2. The third-order valence-corrected chi connectivity index (χ3v) is 13.3. The lowest BCUT2D eigenvalue weighted by atomic mass is 10.1. The van der Waals surface area contributed by atoms with E-state index in [2.05, 4.69) is 26.6 Å². The molecule has 0 aromatic heterocycles. The van der Waals surface area contributed by atoms with E-state index < -0.39 is 0 Å². The second-order valence-corrected chi connectivity index (χ2v) is 19.6. The lowest BCUT2D eigenvalue weighted by molar-refractivity contribution is -0.122. The first-order valence-corrected chi connectivity index (χ1v) is 28.3. The summed E-state index contributed by atoms with van der Waals surface area (Å²) in [6.07, 6.45) is 50.7. The standard InChI is InChI=1S/C33H63N3O3.C22H42N2O2/c37-31-25-19-13-7-1-4-10-16-22-28-34-32(38)26-20-14-8-3-6-12-18-24-30-36-33(39)27-21-15-9-2-5-11-17-23-29-35-31;25-21-17-13-9-5-1-3-7-11-15-19-23-22(26)18-14-10-6-2-4-8-12-16-20-24-21/h1-30H2,(H,34,38)(H,35,37)(H,36,39);1-20H2,(H,23,26)(H,24,25). The molecule has 5 amide bonds. The summed E-state index contributed by atoms with van der Waals surface area (Å²) in [6, 6.07) is 0. The third-order valence-electron chi connectivity index (χ3n) is 13.3. The molecule has 65 heavy (non-hydrogen) atoms. The fourth-order valence-electron chi connectivity index (χ4n) is 8.94. The molecule has 10 heteroatoms. The zero-order valence-electron chi connectivity index (χ0n) is 42.4. The Morgan fingerprint density at radius 2 is 0.262 bits per heavy atom. The highest BCUT2D eigenvalue weighted by Crippen LogP contribution is 2.14. The number of carbonyl (C=O) groups excluding carboxylic acids is 5. The third kappa shape index (κ3) is 47.6. The van der Waals surface area contributed by atoms with Crippen LogP contribution in [0.3, 0.4) is 0 Å². The van der Waals surface area contributed by atoms with E-state index in [1.54, 1.807) is 0 Å². The van der Waals surface area contributed by atoms with Crippen molar-refractivity contribution in [3.05, 3.63) is 0 Å². The first-order chi connectivity index (χ1) is 32.0. The molecule has 0 aromatic carbocycles. The summed E-state index contributed by atoms with van der Waals surface area (Å²) in [7, 11) is 0. The summed E-state index contributed by atoms with van der Waals surface area (Å²) in [5.74, 6) is 1.11. The summed E-state index contributed by atoms with van der Waals surface area (Å²) >= 11 is 0. The Balaban J connectivity index is 0.000000704. The van der Waals surface area contributed by atoms with Crippen molar-refractivity contribution in [2.75, 3.05) is 32.7 Å². The van der Waals surface area contributed by atoms with Crippen LogP contribution >= 0.6 is 0 Å². The maximum atomic E-state index is 12.0. The van der Waals surface area contributed by atoms with Gasteiger partial charge in [-0.05, 0) is 64.2 Å². The van der Waals surface area contributed by atoms with E-state index in [1.165, 1.54) is 173 Å². The number of nitrogens with one attached hydrogen (secondary N) is 5. The normalized spacial score (nSPS) is 22.6. The van der Waals surface area contributed by atoms with Crippen molar-refractivity contribution < 1.29 is 24.0 Å². The van der Waals surface area contributed by atoms with Gasteiger partial charge in [-0.25, -0.2) is 0 Å². The molecule has 380 valence electrons. The Kier molecular flexibility index (Phi) is 45.7. The van der Waals surface area contributed by atoms with Gasteiger partial charge in [0, 0.05) is 64.8 Å². The summed E-state index contributed by atoms with van der Waals surface area (Å²) in [4.78, 5) is 59.6. The minimum atomic E-state index is 0.212. The second-order valence-electron chi connectivity index (χ2n) is 19.6. The van der Waals surface area contributed by atoms with E-state index in [4.69, 9.17) is 0 Å². The molecule has 10 nitrogen and oxygen atoms in total. The number of rotatable bonds is 0. The number of hydrogen-bond donors (Lipinski definition) is 5. The van der Waals surface area contributed by atoms with Crippen LogP contribution < -0.4 is 26.6 Å². The van der Waals surface area contributed by atoms with E-state index in [-0.39, 0.29) is 29.5 Å². The Morgan fingerprint density at radius 1 is 0.154 bits per heavy atom. The molecule has 0 radical (unpaired) electrons. The minimum absolute atomic E-state index is 0.212. The quantitative estimate of drug-likeness (QED) is 0.164. The lowest BCUT2D eigenvalue weighted by Crippen LogP contribution is -2.24. The fourth-order valence-corrected chi connectivity index (χ4v) is 8.94. The number of amides is 5. The molecule has 0 bridgehead atoms. The Labute approximate surface area is 400 Å². The molecule has 2 fully saturated rings. The van der Waals surface area contributed by atoms with Gasteiger partial charge in [0.15, 0.2) is 0 Å². The molecule has 2 saturated heterocycles. The van der Waals surface area contributed by atoms with Gasteiger partial charge in [0.2, 0.25) is 29.5 Å². The molecule has 0 aliphatic carbocycles. The summed E-state index contributed by atoms with van der Waals surface area (Å²) in [5.41, 5.74) is 0. The van der Waals surface area contributed by atoms with Gasteiger partial charge in [0.25, 0.3) is 0 Å². The van der Waals surface area contributed by atoms with Crippen molar-refractivity contribution in [2.45, 2.75) is 289 Å². The van der Waals surface area contributed by atoms with E-state index in [0.29, 0.717) is 32.1 Å². The SMILES string of the molecule is O=C1CCCCCCCCCCNC(=O)CCCCCCCCCCN1.O=C1CCCCCCCCCCNC(=O)CCCCCCCCCCNC(=O)CCCCCCCCCCN1. The monoisotopic (exact) mass is 916 g/mol. The van der Waals surface area contributed by atoms with E-state index in [1.807, 2.05) is 0 Å². The van der Waals surface area contributed by atoms with Crippen LogP contribution in [0.25, 0.3) is 0 Å². The number of carbonyl (C=O) groups is 5. The molecule has 0 atom stereocenters. The Bertz CT molecular complexity index is 935. The zero-order valence-corrected chi connectivity index (χ0v) is 42.4. The van der Waals surface area contributed by atoms with Gasteiger partial charge in [-0.3, -0.25) is 24.0 Å². The van der Waals surface area contributed by atoms with Crippen molar-refractivity contribution in [1.29, 1.82) is 0 Å². The van der Waals surface area contributed by atoms with Gasteiger partial charge in [-0.2, -0.15) is 0 Å². The lowest BCUT2D eigenvalue weighted by Gasteiger charge is -2.07. The van der Waals surface area contributed by atoms with Gasteiger partial charge >= 0.3 is 0 Å². The average molecular weight is 916 g/mol. The van der Waals surface area contributed by atoms with Crippen LogP contribution in [0.5, 0.6) is 0 Å². The Hall–Kier alpha value is -2.65. The van der Waals surface area contributed by atoms with Crippen molar-refractivity contribution in [3.8, 4) is 0 Å². The first kappa shape index (κ1) is 60.4. The van der Waals surface area contributed by atoms with Crippen LogP contribution in [0.2, 0.25) is 0 Å². The largest absolute Gasteiger partial charge is 0.356 e. The van der Waals surface area contributed by atoms with Crippen molar-refractivity contribution in [3.63, 3.8) is 0 Å². The van der Waals surface area contributed by atoms with Crippen LogP contribution in [0.4, 0.5) is 0 Å². The summed E-state index contributed by atoms with van der Waals surface area (Å²) in [5, 5.41) is 15.4. The summed E-state index contributed by atoms with van der Waals surface area (Å²) < 4.78 is 0. The molecule has 2 heterocycles. The topological polar surface area (TPSA) is 146 Å². The average Bonchev–Trinajstić information content (AvgIpc) is 3.29. The van der Waals surface area contributed by atoms with E-state index >= 15 is 0 Å². The molecule has 0 spiro atoms. The van der Waals surface area contributed by atoms with Crippen LogP contribution in [0.1, 0.15) is 289 Å². The molecular formula is C55H105N5O5. The fraction of sp³-hybridized carbons (Fsp3) is 0.909. The van der Waals surface area contributed by atoms with Crippen molar-refractivity contribution >= 4 is 29.5 Å². The van der Waals surface area contributed by atoms with Gasteiger partial charge < -0.3 is 26.6 Å². The van der Waals surface area contributed by atoms with Crippen molar-refractivity contribution in [1.82, 2.24) is 26.6 Å². The maximum Gasteiger partial charge on any atom is 0.219 e. The molecule has 2 rings (SSSR count). The predicted molar refractivity (Wildman–Crippen MR) is 273 cm³/mol. The molecule has 2 aliphatic rings. The summed E-state index contributed by atoms with van der Waals surface area (Å²) in [6.45, 7) is 4.12. The Morgan fingerprint density at radius 3 is 0.400 bits per heavy atom. The van der Waals surface area contributed by atoms with Crippen LogP contribution in [-0.4, -0.2) is 62.3 Å². The van der Waals surface area contributed by atoms with Crippen molar-refractivity contribution in [2.24, 2.45) is 0 Å². The van der Waals surface area contributed by atoms with Gasteiger partial charge in [-0.15, -0.1) is 0 Å². The molecular weight excluding hydrogens is 811 g/mol. The predicted octanol–water partition coefficient (Wildman–Crippen LogP) is 13.1. The molecule has 5 N–H and O–H groups in total. The highest BCUT2D eigenvalue weighted by molar-refractivity contribution is 5.77. The molecule has 0 unspecified atom stereocenters. The van der Waals surface area contributed by atoms with Gasteiger partial charge in [-0.1, -0.05) is 193 Å². The minimum Gasteiger partial charge on any atom is -0.356 e. The second kappa shape index (κ2) is 49.3. The first-order valence-electron chi connectivity index (χ1n) is 28.3. The zero-order chi connectivity index (χ0) is 46.8. The smallest absolute Gasteiger partial charge is 0.219 e. The highest BCUT2D eigenvalue weighted by Gasteiger charge is 2.06. The van der Waals surface area contributed by atoms with E-state index in [9.17, 15) is 24.0 Å². The molecule has 2 aliphatic heterocycles. The van der Waals surface area contributed by atoms with Gasteiger partial charge in [0.1, 0.15) is 0 Å². The molecule has 0 saturated carbocycles. The van der Waals surface area contributed by atoms with E-state index in [0.717, 1.165) is 116 Å². The molecule has 0 aromatic rings. The number of hydrogen-bond acceptors (Lipinski definition) is 5. The maximum absolute atomic E-state index is 12.0. The van der Waals surface area contributed by atoms with Crippen LogP contribution in [-0.2, 0) is 24.0 Å².